The summed E-state index contributed by atoms with van der Waals surface area (Å²) >= 11 is 1.04. The Hall–Kier alpha value is -2.09. The van der Waals surface area contributed by atoms with Gasteiger partial charge in [0.25, 0.3) is 0 Å². The fourth-order valence-electron chi connectivity index (χ4n) is 2.69. The average molecular weight is 397 g/mol. The predicted molar refractivity (Wildman–Crippen MR) is 106 cm³/mol. The Morgan fingerprint density at radius 3 is 2.33 bits per heavy atom. The zero-order chi connectivity index (χ0) is 20.8. The lowest BCUT2D eigenvalue weighted by Gasteiger charge is -2.33. The van der Waals surface area contributed by atoms with Crippen molar-refractivity contribution >= 4 is 34.8 Å². The SMILES string of the molecule is CCC(Cc1ccc(NC(=O)OC(C)(C)C)nc1)(C(=O)O)C(C)SC(C)=O. The number of carbonyl (C=O) groups excluding carboxylic acids is 2. The maximum Gasteiger partial charge on any atom is 0.413 e. The molecule has 2 unspecified atom stereocenters. The number of thioether (sulfide) groups is 1. The van der Waals surface area contributed by atoms with E-state index in [1.807, 2.05) is 0 Å². The number of carboxylic acids is 1. The number of nitrogens with zero attached hydrogens (tertiary/aromatic N) is 1. The normalized spacial score (nSPS) is 14.7. The van der Waals surface area contributed by atoms with Gasteiger partial charge < -0.3 is 9.84 Å². The molecule has 0 aliphatic carbocycles. The van der Waals surface area contributed by atoms with Crippen LogP contribution in [0.3, 0.4) is 0 Å². The van der Waals surface area contributed by atoms with E-state index in [0.29, 0.717) is 17.8 Å². The number of rotatable bonds is 7. The molecule has 1 aromatic heterocycles. The number of pyridine rings is 1. The summed E-state index contributed by atoms with van der Waals surface area (Å²) in [6.45, 7) is 10.3. The van der Waals surface area contributed by atoms with Gasteiger partial charge in [-0.15, -0.1) is 0 Å². The molecule has 1 rings (SSSR count). The molecule has 0 bridgehead atoms. The highest BCUT2D eigenvalue weighted by Crippen LogP contribution is 2.38. The summed E-state index contributed by atoms with van der Waals surface area (Å²) in [6, 6.07) is 3.32. The van der Waals surface area contributed by atoms with Crippen molar-refractivity contribution in [1.82, 2.24) is 4.98 Å². The van der Waals surface area contributed by atoms with Crippen molar-refractivity contribution in [2.45, 2.75) is 65.2 Å². The van der Waals surface area contributed by atoms with Gasteiger partial charge in [0.15, 0.2) is 5.12 Å². The first-order valence-corrected chi connectivity index (χ1v) is 9.63. The Morgan fingerprint density at radius 2 is 1.93 bits per heavy atom. The largest absolute Gasteiger partial charge is 0.481 e. The topological polar surface area (TPSA) is 106 Å². The van der Waals surface area contributed by atoms with Crippen LogP contribution in [0.1, 0.15) is 53.5 Å². The van der Waals surface area contributed by atoms with Gasteiger partial charge in [-0.05, 0) is 45.2 Å². The Bertz CT molecular complexity index is 684. The minimum atomic E-state index is -1.09. The van der Waals surface area contributed by atoms with E-state index >= 15 is 0 Å². The average Bonchev–Trinajstić information content (AvgIpc) is 2.51. The van der Waals surface area contributed by atoms with Gasteiger partial charge in [0.2, 0.25) is 0 Å². The maximum atomic E-state index is 12.0. The summed E-state index contributed by atoms with van der Waals surface area (Å²) in [5, 5.41) is 11.9. The van der Waals surface area contributed by atoms with Gasteiger partial charge in [0.1, 0.15) is 11.4 Å². The molecule has 27 heavy (non-hydrogen) atoms. The van der Waals surface area contributed by atoms with Crippen molar-refractivity contribution in [3.63, 3.8) is 0 Å². The summed E-state index contributed by atoms with van der Waals surface area (Å²) in [6.07, 6.45) is 1.54. The number of ether oxygens (including phenoxy) is 1. The number of carbonyl (C=O) groups is 3. The van der Waals surface area contributed by atoms with Gasteiger partial charge in [0.05, 0.1) is 5.41 Å². The second-order valence-electron chi connectivity index (χ2n) is 7.42. The first-order chi connectivity index (χ1) is 12.4. The highest BCUT2D eigenvalue weighted by Gasteiger charge is 2.43. The summed E-state index contributed by atoms with van der Waals surface area (Å²) in [5.74, 6) is -0.626. The van der Waals surface area contributed by atoms with E-state index in [4.69, 9.17) is 4.74 Å². The highest BCUT2D eigenvalue weighted by atomic mass is 32.2. The minimum Gasteiger partial charge on any atom is -0.481 e. The molecule has 8 heteroatoms. The number of amides is 1. The highest BCUT2D eigenvalue weighted by molar-refractivity contribution is 8.14. The molecule has 0 radical (unpaired) electrons. The molecule has 1 aromatic rings. The fraction of sp³-hybridized carbons (Fsp3) is 0.579. The molecule has 1 heterocycles. The van der Waals surface area contributed by atoms with Gasteiger partial charge in [0, 0.05) is 18.4 Å². The molecule has 150 valence electrons. The number of hydrogen-bond acceptors (Lipinski definition) is 6. The smallest absolute Gasteiger partial charge is 0.413 e. The van der Waals surface area contributed by atoms with E-state index in [-0.39, 0.29) is 11.5 Å². The molecule has 7 nitrogen and oxygen atoms in total. The van der Waals surface area contributed by atoms with Crippen molar-refractivity contribution in [2.75, 3.05) is 5.32 Å². The van der Waals surface area contributed by atoms with Crippen LogP contribution in [0.25, 0.3) is 0 Å². The van der Waals surface area contributed by atoms with Gasteiger partial charge >= 0.3 is 12.1 Å². The Morgan fingerprint density at radius 1 is 1.30 bits per heavy atom. The molecular formula is C19H28N2O5S. The van der Waals surface area contributed by atoms with Crippen LogP contribution in [0.5, 0.6) is 0 Å². The number of carboxylic acid groups (broad SMARTS) is 1. The molecule has 0 aliphatic heterocycles. The van der Waals surface area contributed by atoms with E-state index in [1.165, 1.54) is 13.1 Å². The van der Waals surface area contributed by atoms with Gasteiger partial charge in [-0.3, -0.25) is 14.9 Å². The molecule has 0 fully saturated rings. The first kappa shape index (κ1) is 23.0. The minimum absolute atomic E-state index is 0.114. The van der Waals surface area contributed by atoms with Gasteiger partial charge in [-0.2, -0.15) is 0 Å². The number of nitrogens with one attached hydrogen (secondary N) is 1. The van der Waals surface area contributed by atoms with E-state index in [2.05, 4.69) is 10.3 Å². The van der Waals surface area contributed by atoms with E-state index < -0.39 is 28.3 Å². The van der Waals surface area contributed by atoms with Crippen molar-refractivity contribution in [3.05, 3.63) is 23.9 Å². The quantitative estimate of drug-likeness (QED) is 0.714. The van der Waals surface area contributed by atoms with Crippen LogP contribution in [0.2, 0.25) is 0 Å². The van der Waals surface area contributed by atoms with Crippen molar-refractivity contribution < 1.29 is 24.2 Å². The molecule has 0 aliphatic rings. The fourth-order valence-corrected chi connectivity index (χ4v) is 3.77. The third kappa shape index (κ3) is 6.86. The van der Waals surface area contributed by atoms with Crippen LogP contribution in [-0.4, -0.2) is 38.1 Å². The Labute approximate surface area is 164 Å². The number of anilines is 1. The Kier molecular flexibility index (Phi) is 7.83. The lowest BCUT2D eigenvalue weighted by molar-refractivity contribution is -0.149. The first-order valence-electron chi connectivity index (χ1n) is 8.75. The van der Waals surface area contributed by atoms with Crippen LogP contribution < -0.4 is 5.32 Å². The third-order valence-electron chi connectivity index (χ3n) is 4.15. The van der Waals surface area contributed by atoms with Crippen LogP contribution in [0.15, 0.2) is 18.3 Å². The second kappa shape index (κ2) is 9.21. The molecule has 0 saturated heterocycles. The summed E-state index contributed by atoms with van der Waals surface area (Å²) in [7, 11) is 0. The third-order valence-corrected chi connectivity index (χ3v) is 5.29. The zero-order valence-corrected chi connectivity index (χ0v) is 17.5. The molecule has 2 N–H and O–H groups in total. The van der Waals surface area contributed by atoms with Crippen LogP contribution in [-0.2, 0) is 20.7 Å². The standard InChI is InChI=1S/C19H28N2O5S/c1-7-19(16(23)24,12(2)27-13(3)22)10-14-8-9-15(20-11-14)21-17(25)26-18(4,5)6/h8-9,11-12H,7,10H2,1-6H3,(H,23,24)(H,20,21,25). The Balaban J connectivity index is 2.94. The zero-order valence-electron chi connectivity index (χ0n) is 16.7. The van der Waals surface area contributed by atoms with Crippen molar-refractivity contribution in [3.8, 4) is 0 Å². The number of aromatic nitrogens is 1. The van der Waals surface area contributed by atoms with Crippen molar-refractivity contribution in [2.24, 2.45) is 5.41 Å². The van der Waals surface area contributed by atoms with E-state index in [9.17, 15) is 19.5 Å². The number of hydrogen-bond donors (Lipinski definition) is 2. The molecule has 2 atom stereocenters. The lowest BCUT2D eigenvalue weighted by atomic mass is 9.77. The van der Waals surface area contributed by atoms with Gasteiger partial charge in [-0.25, -0.2) is 9.78 Å². The van der Waals surface area contributed by atoms with Crippen molar-refractivity contribution in [1.29, 1.82) is 0 Å². The number of aliphatic carboxylic acids is 1. The lowest BCUT2D eigenvalue weighted by Crippen LogP contribution is -2.41. The molecule has 0 spiro atoms. The summed E-state index contributed by atoms with van der Waals surface area (Å²) < 4.78 is 5.17. The van der Waals surface area contributed by atoms with E-state index in [0.717, 1.165) is 11.8 Å². The monoisotopic (exact) mass is 396 g/mol. The maximum absolute atomic E-state index is 12.0. The summed E-state index contributed by atoms with van der Waals surface area (Å²) in [5.41, 5.74) is -0.987. The second-order valence-corrected chi connectivity index (χ2v) is 8.94. The van der Waals surface area contributed by atoms with Crippen LogP contribution >= 0.6 is 11.8 Å². The van der Waals surface area contributed by atoms with E-state index in [1.54, 1.807) is 46.8 Å². The molecule has 0 aromatic carbocycles. The molecular weight excluding hydrogens is 368 g/mol. The van der Waals surface area contributed by atoms with Crippen LogP contribution in [0, 0.1) is 5.41 Å². The predicted octanol–water partition coefficient (Wildman–Crippen LogP) is 4.12. The van der Waals surface area contributed by atoms with Crippen LogP contribution in [0.4, 0.5) is 10.6 Å². The van der Waals surface area contributed by atoms with Gasteiger partial charge in [-0.1, -0.05) is 31.7 Å². The molecule has 0 saturated carbocycles. The molecule has 1 amide bonds. The summed E-state index contributed by atoms with van der Waals surface area (Å²) in [4.78, 5) is 39.4.